The first-order valence-corrected chi connectivity index (χ1v) is 17.8. The van der Waals surface area contributed by atoms with Crippen molar-refractivity contribution in [2.75, 3.05) is 6.61 Å². The van der Waals surface area contributed by atoms with Gasteiger partial charge in [-0.15, -0.1) is 0 Å². The average molecular weight is 673 g/mol. The lowest BCUT2D eigenvalue weighted by molar-refractivity contribution is -0.166. The molecule has 8 nitrogen and oxygen atoms in total. The number of hydrogen-bond donors (Lipinski definition) is 5. The van der Waals surface area contributed by atoms with Crippen molar-refractivity contribution in [2.45, 2.75) is 97.4 Å². The maximum Gasteiger partial charge on any atom is 0.331 e. The molecule has 10 atom stereocenters. The lowest BCUT2D eigenvalue weighted by Gasteiger charge is -2.68. The fraction of sp³-hybridized carbons (Fsp3) is 0.585. The maximum atomic E-state index is 14.9. The van der Waals surface area contributed by atoms with Gasteiger partial charge in [-0.25, -0.2) is 4.79 Å². The maximum absolute atomic E-state index is 14.9. The number of aliphatic carboxylic acids is 1. The van der Waals surface area contributed by atoms with Crippen molar-refractivity contribution >= 4 is 23.6 Å². The number of aliphatic hydroxyl groups is 4. The fourth-order valence-electron chi connectivity index (χ4n) is 11.9. The number of carboxylic acids is 1. The molecular weight excluding hydrogens is 620 g/mol. The van der Waals surface area contributed by atoms with Crippen molar-refractivity contribution in [3.8, 4) is 0 Å². The highest BCUT2D eigenvalue weighted by Crippen LogP contribution is 2.79. The van der Waals surface area contributed by atoms with E-state index in [2.05, 4.69) is 6.92 Å². The summed E-state index contributed by atoms with van der Waals surface area (Å²) in [6.07, 6.45) is 8.95. The lowest BCUT2D eigenvalue weighted by atomic mass is 9.35. The number of Topliss-reactive ketones (excluding diaryl/α,β-unsaturated/α-hetero) is 2. The highest BCUT2D eigenvalue weighted by molar-refractivity contribution is 6.02. The number of fused-ring (bicyclic) bond motifs is 2. The molecule has 6 rings (SSSR count). The Morgan fingerprint density at radius 1 is 1.06 bits per heavy atom. The second-order valence-electron chi connectivity index (χ2n) is 16.8. The van der Waals surface area contributed by atoms with E-state index in [1.54, 1.807) is 12.2 Å². The average Bonchev–Trinajstić information content (AvgIpc) is 3.22. The highest BCUT2D eigenvalue weighted by Gasteiger charge is 2.79. The summed E-state index contributed by atoms with van der Waals surface area (Å²) in [5, 5.41) is 57.4. The second-order valence-corrected chi connectivity index (χ2v) is 16.8. The summed E-state index contributed by atoms with van der Waals surface area (Å²) in [5.41, 5.74) is -5.13. The predicted molar refractivity (Wildman–Crippen MR) is 186 cm³/mol. The molecule has 0 aromatic heterocycles. The molecule has 0 amide bonds. The van der Waals surface area contributed by atoms with Crippen LogP contribution in [0, 0.1) is 45.3 Å². The molecule has 49 heavy (non-hydrogen) atoms. The van der Waals surface area contributed by atoms with Gasteiger partial charge in [-0.1, -0.05) is 83.2 Å². The van der Waals surface area contributed by atoms with E-state index in [0.29, 0.717) is 24.0 Å². The molecule has 8 heteroatoms. The molecule has 2 saturated carbocycles. The molecule has 5 N–H and O–H groups in total. The van der Waals surface area contributed by atoms with Gasteiger partial charge in [0.05, 0.1) is 11.7 Å². The van der Waals surface area contributed by atoms with Crippen LogP contribution in [-0.2, 0) is 14.4 Å². The molecule has 10 unspecified atom stereocenters. The van der Waals surface area contributed by atoms with E-state index in [0.717, 1.165) is 5.56 Å². The number of carboxylic acid groups (broad SMARTS) is 1. The molecule has 0 radical (unpaired) electrons. The molecule has 2 fully saturated rings. The SMILES string of the molecule is CC(=CC(O)CC(C)C1CC2(O)C=CC3(O)C4=C(C(=O)CC1(C)C42CCO)C1(C)CCC(=O)C(C)(C)C1C3C=Cc1ccccc1)C(=O)O. The van der Waals surface area contributed by atoms with E-state index in [1.165, 1.54) is 13.0 Å². The molecule has 264 valence electrons. The minimum Gasteiger partial charge on any atom is -0.478 e. The number of carbonyl (C=O) groups excluding carboxylic acids is 2. The topological polar surface area (TPSA) is 152 Å². The minimum absolute atomic E-state index is 0.0329. The second kappa shape index (κ2) is 11.7. The zero-order chi connectivity index (χ0) is 35.9. The number of benzene rings is 1. The normalized spacial score (nSPS) is 40.7. The minimum atomic E-state index is -1.74. The number of aliphatic hydroxyl groups excluding tert-OH is 2. The van der Waals surface area contributed by atoms with Crippen LogP contribution in [0.2, 0.25) is 0 Å². The first kappa shape index (κ1) is 35.6. The van der Waals surface area contributed by atoms with Gasteiger partial charge in [0.25, 0.3) is 0 Å². The Morgan fingerprint density at radius 3 is 2.37 bits per heavy atom. The first-order valence-electron chi connectivity index (χ1n) is 17.8. The van der Waals surface area contributed by atoms with Crippen molar-refractivity contribution < 1.29 is 39.9 Å². The summed E-state index contributed by atoms with van der Waals surface area (Å²) >= 11 is 0. The van der Waals surface area contributed by atoms with Gasteiger partial charge in [-0.05, 0) is 79.1 Å². The largest absolute Gasteiger partial charge is 0.478 e. The Labute approximate surface area is 289 Å². The standard InChI is InChI=1S/C41H52O8/c1-24(20-27(43)21-25(2)35(46)47)29-22-39(48)16-17-40(49)28(13-12-26-10-8-7-9-11-26)33-36(3,4)31(45)14-15-37(33,5)32-30(44)23-38(29,6)41(39,18-19-42)34(32)40/h7-13,16-17,21,24,27-29,33,42-43,48-49H,14-15,18-20,22-23H2,1-6H3,(H,46,47). The third-order valence-electron chi connectivity index (χ3n) is 13.9. The molecule has 5 aliphatic carbocycles. The van der Waals surface area contributed by atoms with E-state index in [4.69, 9.17) is 0 Å². The molecule has 1 aromatic carbocycles. The van der Waals surface area contributed by atoms with Crippen LogP contribution in [-0.4, -0.2) is 67.0 Å². The van der Waals surface area contributed by atoms with Gasteiger partial charge in [-0.2, -0.15) is 0 Å². The fourth-order valence-corrected chi connectivity index (χ4v) is 11.9. The Kier molecular flexibility index (Phi) is 8.51. The van der Waals surface area contributed by atoms with Gasteiger partial charge in [0, 0.05) is 52.8 Å². The Hall–Kier alpha value is -3.17. The summed E-state index contributed by atoms with van der Waals surface area (Å²) in [6.45, 7) is 11.0. The van der Waals surface area contributed by atoms with E-state index < -0.39 is 56.8 Å². The van der Waals surface area contributed by atoms with Crippen LogP contribution in [0.15, 0.2) is 71.4 Å². The summed E-state index contributed by atoms with van der Waals surface area (Å²) in [6, 6.07) is 9.75. The van der Waals surface area contributed by atoms with Crippen molar-refractivity contribution in [3.63, 3.8) is 0 Å². The van der Waals surface area contributed by atoms with Gasteiger partial charge >= 0.3 is 5.97 Å². The summed E-state index contributed by atoms with van der Waals surface area (Å²) in [5.74, 6) is -2.78. The van der Waals surface area contributed by atoms with Crippen molar-refractivity contribution in [1.29, 1.82) is 0 Å². The van der Waals surface area contributed by atoms with Crippen molar-refractivity contribution in [3.05, 3.63) is 76.9 Å². The molecule has 0 bridgehead atoms. The van der Waals surface area contributed by atoms with Gasteiger partial charge in [0.15, 0.2) is 5.78 Å². The molecular formula is C41H52O8. The Balaban J connectivity index is 1.59. The van der Waals surface area contributed by atoms with Crippen LogP contribution in [0.3, 0.4) is 0 Å². The van der Waals surface area contributed by atoms with Crippen LogP contribution >= 0.6 is 0 Å². The third kappa shape index (κ3) is 4.80. The third-order valence-corrected chi connectivity index (χ3v) is 13.9. The predicted octanol–water partition coefficient (Wildman–Crippen LogP) is 5.46. The van der Waals surface area contributed by atoms with Crippen LogP contribution in [0.1, 0.15) is 85.6 Å². The van der Waals surface area contributed by atoms with Gasteiger partial charge in [0.1, 0.15) is 11.4 Å². The molecule has 0 aliphatic heterocycles. The Morgan fingerprint density at radius 2 is 1.73 bits per heavy atom. The molecule has 5 aliphatic rings. The van der Waals surface area contributed by atoms with E-state index in [-0.39, 0.29) is 61.3 Å². The molecule has 0 saturated heterocycles. The molecule has 1 aromatic rings. The molecule has 0 heterocycles. The number of allylic oxidation sites excluding steroid dienone is 1. The number of hydrogen-bond acceptors (Lipinski definition) is 7. The summed E-state index contributed by atoms with van der Waals surface area (Å²) in [4.78, 5) is 40.1. The number of carbonyl (C=O) groups is 3. The van der Waals surface area contributed by atoms with E-state index >= 15 is 0 Å². The summed E-state index contributed by atoms with van der Waals surface area (Å²) in [7, 11) is 0. The smallest absolute Gasteiger partial charge is 0.331 e. The van der Waals surface area contributed by atoms with Crippen LogP contribution in [0.4, 0.5) is 0 Å². The number of rotatable bonds is 9. The van der Waals surface area contributed by atoms with Gasteiger partial charge < -0.3 is 25.5 Å². The molecule has 0 spiro atoms. The van der Waals surface area contributed by atoms with Crippen LogP contribution < -0.4 is 0 Å². The highest BCUT2D eigenvalue weighted by atomic mass is 16.4. The van der Waals surface area contributed by atoms with Crippen molar-refractivity contribution in [2.24, 2.45) is 45.3 Å². The van der Waals surface area contributed by atoms with Gasteiger partial charge in [-0.3, -0.25) is 9.59 Å². The van der Waals surface area contributed by atoms with Gasteiger partial charge in [0.2, 0.25) is 0 Å². The van der Waals surface area contributed by atoms with Crippen molar-refractivity contribution in [1.82, 2.24) is 0 Å². The Bertz CT molecular complexity index is 1690. The zero-order valence-corrected chi connectivity index (χ0v) is 29.6. The van der Waals surface area contributed by atoms with E-state index in [9.17, 15) is 39.9 Å². The van der Waals surface area contributed by atoms with Crippen LogP contribution in [0.5, 0.6) is 0 Å². The number of ketones is 2. The van der Waals surface area contributed by atoms with E-state index in [1.807, 2.05) is 70.2 Å². The first-order chi connectivity index (χ1) is 22.8. The lowest BCUT2D eigenvalue weighted by Crippen LogP contribution is -2.70. The monoisotopic (exact) mass is 672 g/mol. The summed E-state index contributed by atoms with van der Waals surface area (Å²) < 4.78 is 0. The zero-order valence-electron chi connectivity index (χ0n) is 29.6. The quantitative estimate of drug-likeness (QED) is 0.172. The van der Waals surface area contributed by atoms with Crippen LogP contribution in [0.25, 0.3) is 6.08 Å².